The molecule has 1 aliphatic heterocycles. The van der Waals surface area contributed by atoms with Gasteiger partial charge in [-0.2, -0.15) is 5.01 Å². The van der Waals surface area contributed by atoms with Crippen molar-refractivity contribution in [1.82, 2.24) is 5.01 Å². The Hall–Kier alpha value is -2.59. The second kappa shape index (κ2) is 6.45. The van der Waals surface area contributed by atoms with E-state index in [1.165, 1.54) is 18.7 Å². The maximum Gasteiger partial charge on any atom is 0.330 e. The van der Waals surface area contributed by atoms with Crippen molar-refractivity contribution in [3.63, 3.8) is 0 Å². The first-order chi connectivity index (χ1) is 10.8. The van der Waals surface area contributed by atoms with Crippen molar-refractivity contribution in [2.75, 3.05) is 18.8 Å². The summed E-state index contributed by atoms with van der Waals surface area (Å²) in [6.45, 7) is 1.77. The summed E-state index contributed by atoms with van der Waals surface area (Å²) in [7, 11) is 1.38. The maximum atomic E-state index is 11.3. The van der Waals surface area contributed by atoms with Crippen LogP contribution < -0.4 is 5.01 Å². The lowest BCUT2D eigenvalue weighted by Gasteiger charge is -2.09. The maximum absolute atomic E-state index is 11.3. The van der Waals surface area contributed by atoms with Crippen LogP contribution in [0.4, 0.5) is 5.69 Å². The van der Waals surface area contributed by atoms with Gasteiger partial charge in [0.25, 0.3) is 0 Å². The zero-order valence-corrected chi connectivity index (χ0v) is 12.5. The predicted octanol–water partition coefficient (Wildman–Crippen LogP) is 3.07. The minimum Gasteiger partial charge on any atom is -0.466 e. The summed E-state index contributed by atoms with van der Waals surface area (Å²) in [5.74, 6) is -0.346. The second-order valence-electron chi connectivity index (χ2n) is 5.11. The molecule has 0 saturated carbocycles. The fraction of sp³-hybridized carbons (Fsp3) is 0.167. The lowest BCUT2D eigenvalue weighted by Crippen LogP contribution is -2.06. The highest BCUT2D eigenvalue weighted by atomic mass is 16.5. The molecule has 22 heavy (non-hydrogen) atoms. The topological polar surface area (TPSA) is 32.3 Å². The van der Waals surface area contributed by atoms with Gasteiger partial charge < -0.3 is 4.74 Å². The van der Waals surface area contributed by atoms with Crippen molar-refractivity contribution in [2.24, 2.45) is 0 Å². The number of hydrogen-bond donors (Lipinski definition) is 0. The highest BCUT2D eigenvalue weighted by Crippen LogP contribution is 2.31. The number of anilines is 1. The van der Waals surface area contributed by atoms with Gasteiger partial charge in [-0.3, -0.25) is 5.01 Å². The molecule has 1 aliphatic rings. The first kappa shape index (κ1) is 14.4. The average Bonchev–Trinajstić information content (AvgIpc) is 3.32. The van der Waals surface area contributed by atoms with Gasteiger partial charge in [0.15, 0.2) is 0 Å². The highest BCUT2D eigenvalue weighted by Gasteiger charge is 2.32. The van der Waals surface area contributed by atoms with Crippen molar-refractivity contribution in [2.45, 2.75) is 6.54 Å². The summed E-state index contributed by atoms with van der Waals surface area (Å²) in [4.78, 5) is 11.3. The summed E-state index contributed by atoms with van der Waals surface area (Å²) < 4.78 is 4.64. The van der Waals surface area contributed by atoms with Crippen LogP contribution in [-0.4, -0.2) is 24.8 Å². The predicted molar refractivity (Wildman–Crippen MR) is 86.8 cm³/mol. The number of carbonyl (C=O) groups is 1. The number of nitrogens with zero attached hydrogens (tertiary/aromatic N) is 2. The zero-order chi connectivity index (χ0) is 15.4. The molecule has 0 radical (unpaired) electrons. The Bertz CT molecular complexity index is 682. The molecule has 1 unspecified atom stereocenters. The van der Waals surface area contributed by atoms with Crippen molar-refractivity contribution < 1.29 is 9.53 Å². The van der Waals surface area contributed by atoms with E-state index in [0.29, 0.717) is 0 Å². The molecule has 0 spiro atoms. The van der Waals surface area contributed by atoms with Crippen molar-refractivity contribution in [1.29, 1.82) is 0 Å². The summed E-state index contributed by atoms with van der Waals surface area (Å²) in [6.07, 6.45) is 3.24. The zero-order valence-electron chi connectivity index (χ0n) is 12.5. The lowest BCUT2D eigenvalue weighted by molar-refractivity contribution is -0.134. The monoisotopic (exact) mass is 294 g/mol. The number of para-hydroxylation sites is 1. The van der Waals surface area contributed by atoms with Crippen LogP contribution in [0.25, 0.3) is 6.08 Å². The van der Waals surface area contributed by atoms with Crippen LogP contribution >= 0.6 is 0 Å². The average molecular weight is 294 g/mol. The molecule has 2 aromatic carbocycles. The van der Waals surface area contributed by atoms with Gasteiger partial charge in [0.05, 0.1) is 12.8 Å². The summed E-state index contributed by atoms with van der Waals surface area (Å²) >= 11 is 0. The van der Waals surface area contributed by atoms with Crippen LogP contribution in [0.2, 0.25) is 0 Å². The number of hydrogen-bond acceptors (Lipinski definition) is 4. The molecule has 4 heteroatoms. The number of rotatable bonds is 5. The Morgan fingerprint density at radius 2 is 1.86 bits per heavy atom. The molecule has 0 amide bonds. The number of methoxy groups -OCH3 is 1. The molecule has 0 aromatic heterocycles. The Balaban J connectivity index is 1.71. The third-order valence-corrected chi connectivity index (χ3v) is 3.58. The number of hydrazine groups is 1. The van der Waals surface area contributed by atoms with Gasteiger partial charge in [0, 0.05) is 12.6 Å². The van der Waals surface area contributed by atoms with Gasteiger partial charge >= 0.3 is 5.97 Å². The van der Waals surface area contributed by atoms with E-state index < -0.39 is 0 Å². The molecule has 2 aromatic rings. The van der Waals surface area contributed by atoms with Crippen LogP contribution in [-0.2, 0) is 16.1 Å². The Morgan fingerprint density at radius 1 is 1.14 bits per heavy atom. The smallest absolute Gasteiger partial charge is 0.330 e. The van der Waals surface area contributed by atoms with Gasteiger partial charge in [-0.25, -0.2) is 4.79 Å². The van der Waals surface area contributed by atoms with Crippen molar-refractivity contribution in [3.8, 4) is 0 Å². The van der Waals surface area contributed by atoms with E-state index in [9.17, 15) is 4.79 Å². The highest BCUT2D eigenvalue weighted by molar-refractivity contribution is 5.88. The molecule has 0 aliphatic carbocycles. The van der Waals surface area contributed by atoms with E-state index in [0.717, 1.165) is 24.5 Å². The van der Waals surface area contributed by atoms with Gasteiger partial charge in [0.2, 0.25) is 0 Å². The molecule has 4 nitrogen and oxygen atoms in total. The fourth-order valence-corrected chi connectivity index (χ4v) is 2.37. The van der Waals surface area contributed by atoms with E-state index in [1.54, 1.807) is 6.08 Å². The molecule has 1 saturated heterocycles. The van der Waals surface area contributed by atoms with Gasteiger partial charge in [-0.1, -0.05) is 48.5 Å². The van der Waals surface area contributed by atoms with Crippen molar-refractivity contribution >= 4 is 17.7 Å². The molecule has 112 valence electrons. The first-order valence-corrected chi connectivity index (χ1v) is 7.19. The van der Waals surface area contributed by atoms with Gasteiger partial charge in [-0.05, 0) is 23.3 Å². The molecule has 0 bridgehead atoms. The number of benzene rings is 2. The molecule has 3 rings (SSSR count). The van der Waals surface area contributed by atoms with Crippen LogP contribution in [0, 0.1) is 0 Å². The van der Waals surface area contributed by atoms with Crippen LogP contribution in [0.3, 0.4) is 0 Å². The largest absolute Gasteiger partial charge is 0.466 e. The quantitative estimate of drug-likeness (QED) is 0.482. The van der Waals surface area contributed by atoms with E-state index >= 15 is 0 Å². The summed E-state index contributed by atoms with van der Waals surface area (Å²) in [6, 6.07) is 18.4. The minimum atomic E-state index is -0.346. The molecule has 1 fully saturated rings. The van der Waals surface area contributed by atoms with Crippen LogP contribution in [0.5, 0.6) is 0 Å². The van der Waals surface area contributed by atoms with Crippen molar-refractivity contribution in [3.05, 3.63) is 71.8 Å². The molecular formula is C18H18N2O2. The van der Waals surface area contributed by atoms with Crippen LogP contribution in [0.1, 0.15) is 11.1 Å². The number of carbonyl (C=O) groups excluding carboxylic acids is 1. The molecular weight excluding hydrogens is 276 g/mol. The minimum absolute atomic E-state index is 0.346. The third kappa shape index (κ3) is 3.35. The standard InChI is InChI=1S/C18H18N2O2/c1-22-18(21)12-11-16-9-5-6-10-17(16)20-14-19(20)13-15-7-3-2-4-8-15/h2-12H,13-14H2,1H3/b12-11+. The Morgan fingerprint density at radius 3 is 2.64 bits per heavy atom. The van der Waals surface area contributed by atoms with Crippen LogP contribution in [0.15, 0.2) is 60.7 Å². The van der Waals surface area contributed by atoms with Gasteiger partial charge in [0.1, 0.15) is 6.67 Å². The summed E-state index contributed by atoms with van der Waals surface area (Å²) in [5.41, 5.74) is 3.38. The van der Waals surface area contributed by atoms with Gasteiger partial charge in [-0.15, -0.1) is 0 Å². The third-order valence-electron chi connectivity index (χ3n) is 3.58. The molecule has 1 atom stereocenters. The Kier molecular flexibility index (Phi) is 4.21. The Labute approximate surface area is 130 Å². The summed E-state index contributed by atoms with van der Waals surface area (Å²) in [5, 5.41) is 4.45. The van der Waals surface area contributed by atoms with E-state index in [2.05, 4.69) is 45.1 Å². The lowest BCUT2D eigenvalue weighted by atomic mass is 10.1. The fourth-order valence-electron chi connectivity index (χ4n) is 2.37. The van der Waals surface area contributed by atoms with E-state index in [4.69, 9.17) is 0 Å². The molecule has 0 N–H and O–H groups in total. The number of ether oxygens (including phenoxy) is 1. The van der Waals surface area contributed by atoms with E-state index in [1.807, 2.05) is 24.3 Å². The second-order valence-corrected chi connectivity index (χ2v) is 5.11. The molecule has 1 heterocycles. The SMILES string of the molecule is COC(=O)/C=C/c1ccccc1N1CN1Cc1ccccc1. The normalized spacial score (nSPS) is 16.8. The number of esters is 1. The van der Waals surface area contributed by atoms with E-state index in [-0.39, 0.29) is 5.97 Å². The first-order valence-electron chi connectivity index (χ1n) is 7.19.